The van der Waals surface area contributed by atoms with Gasteiger partial charge in [0.2, 0.25) is 0 Å². The fraction of sp³-hybridized carbons (Fsp3) is 0.692. The standard InChI is InChI=1S/C13H20N2/c1-8(2)10-5-6-11-12(9(3)4)14-7-15-13(10)11/h7-10H,5-6H2,1-4H3. The molecule has 0 bridgehead atoms. The summed E-state index contributed by atoms with van der Waals surface area (Å²) >= 11 is 0. The van der Waals surface area contributed by atoms with Crippen molar-refractivity contribution in [1.29, 1.82) is 0 Å². The number of aromatic nitrogens is 2. The molecule has 1 aliphatic rings. The molecule has 0 fully saturated rings. The van der Waals surface area contributed by atoms with E-state index in [1.807, 2.05) is 0 Å². The van der Waals surface area contributed by atoms with Crippen LogP contribution in [0.4, 0.5) is 0 Å². The lowest BCUT2D eigenvalue weighted by Crippen LogP contribution is -2.06. The summed E-state index contributed by atoms with van der Waals surface area (Å²) in [4.78, 5) is 8.93. The van der Waals surface area contributed by atoms with Crippen LogP contribution in [0.25, 0.3) is 0 Å². The Balaban J connectivity index is 2.43. The van der Waals surface area contributed by atoms with E-state index in [9.17, 15) is 0 Å². The predicted molar refractivity (Wildman–Crippen MR) is 62.0 cm³/mol. The van der Waals surface area contributed by atoms with E-state index >= 15 is 0 Å². The summed E-state index contributed by atoms with van der Waals surface area (Å²) in [5.74, 6) is 1.87. The van der Waals surface area contributed by atoms with Gasteiger partial charge in [0.15, 0.2) is 0 Å². The van der Waals surface area contributed by atoms with Gasteiger partial charge in [-0.3, -0.25) is 0 Å². The number of nitrogens with zero attached hydrogens (tertiary/aromatic N) is 2. The van der Waals surface area contributed by atoms with E-state index < -0.39 is 0 Å². The molecule has 82 valence electrons. The molecule has 0 spiro atoms. The van der Waals surface area contributed by atoms with Crippen molar-refractivity contribution < 1.29 is 0 Å². The van der Waals surface area contributed by atoms with Crippen LogP contribution in [0.15, 0.2) is 6.33 Å². The van der Waals surface area contributed by atoms with Gasteiger partial charge < -0.3 is 0 Å². The molecule has 0 aromatic carbocycles. The smallest absolute Gasteiger partial charge is 0.115 e. The summed E-state index contributed by atoms with van der Waals surface area (Å²) in [5, 5.41) is 0. The second kappa shape index (κ2) is 3.92. The minimum Gasteiger partial charge on any atom is -0.241 e. The molecule has 1 aromatic rings. The highest BCUT2D eigenvalue weighted by Gasteiger charge is 2.29. The van der Waals surface area contributed by atoms with Crippen molar-refractivity contribution in [3.8, 4) is 0 Å². The van der Waals surface area contributed by atoms with Gasteiger partial charge in [0.1, 0.15) is 6.33 Å². The van der Waals surface area contributed by atoms with E-state index in [1.54, 1.807) is 6.33 Å². The van der Waals surface area contributed by atoms with Gasteiger partial charge >= 0.3 is 0 Å². The zero-order valence-corrected chi connectivity index (χ0v) is 10.1. The molecule has 0 radical (unpaired) electrons. The fourth-order valence-electron chi connectivity index (χ4n) is 2.60. The van der Waals surface area contributed by atoms with Crippen LogP contribution in [-0.2, 0) is 6.42 Å². The molecule has 2 nitrogen and oxygen atoms in total. The first kappa shape index (κ1) is 10.6. The first-order valence-corrected chi connectivity index (χ1v) is 5.95. The number of hydrogen-bond donors (Lipinski definition) is 0. The van der Waals surface area contributed by atoms with Gasteiger partial charge in [-0.15, -0.1) is 0 Å². The maximum atomic E-state index is 4.49. The largest absolute Gasteiger partial charge is 0.241 e. The highest BCUT2D eigenvalue weighted by molar-refractivity contribution is 5.34. The molecule has 1 heterocycles. The molecule has 15 heavy (non-hydrogen) atoms. The van der Waals surface area contributed by atoms with Crippen LogP contribution < -0.4 is 0 Å². The van der Waals surface area contributed by atoms with Gasteiger partial charge in [-0.2, -0.15) is 0 Å². The lowest BCUT2D eigenvalue weighted by atomic mass is 9.93. The first-order valence-electron chi connectivity index (χ1n) is 5.95. The second-order valence-electron chi connectivity index (χ2n) is 5.17. The van der Waals surface area contributed by atoms with Crippen LogP contribution >= 0.6 is 0 Å². The molecular formula is C13H20N2. The summed E-state index contributed by atoms with van der Waals surface area (Å²) in [6.07, 6.45) is 4.17. The van der Waals surface area contributed by atoms with Crippen molar-refractivity contribution in [3.05, 3.63) is 23.3 Å². The fourth-order valence-corrected chi connectivity index (χ4v) is 2.60. The Morgan fingerprint density at radius 2 is 1.93 bits per heavy atom. The monoisotopic (exact) mass is 204 g/mol. The Bertz CT molecular complexity index is 356. The summed E-state index contributed by atoms with van der Waals surface area (Å²) in [5.41, 5.74) is 4.03. The molecule has 0 amide bonds. The lowest BCUT2D eigenvalue weighted by molar-refractivity contribution is 0.487. The van der Waals surface area contributed by atoms with Crippen LogP contribution in [0.1, 0.15) is 62.9 Å². The Kier molecular flexibility index (Phi) is 2.76. The second-order valence-corrected chi connectivity index (χ2v) is 5.17. The number of hydrogen-bond acceptors (Lipinski definition) is 2. The quantitative estimate of drug-likeness (QED) is 0.738. The third-order valence-corrected chi connectivity index (χ3v) is 3.42. The maximum absolute atomic E-state index is 4.49. The molecule has 0 aliphatic heterocycles. The normalized spacial score (nSPS) is 20.0. The van der Waals surface area contributed by atoms with Crippen LogP contribution in [0.2, 0.25) is 0 Å². The van der Waals surface area contributed by atoms with Gasteiger partial charge in [0.05, 0.1) is 5.69 Å². The van der Waals surface area contributed by atoms with E-state index in [0.717, 1.165) is 0 Å². The molecule has 2 rings (SSSR count). The van der Waals surface area contributed by atoms with Crippen molar-refractivity contribution in [2.24, 2.45) is 5.92 Å². The van der Waals surface area contributed by atoms with Crippen LogP contribution in [0, 0.1) is 5.92 Å². The van der Waals surface area contributed by atoms with Crippen LogP contribution in [0.3, 0.4) is 0 Å². The van der Waals surface area contributed by atoms with Crippen LogP contribution in [-0.4, -0.2) is 9.97 Å². The van der Waals surface area contributed by atoms with Gasteiger partial charge in [-0.1, -0.05) is 27.7 Å². The summed E-state index contributed by atoms with van der Waals surface area (Å²) in [7, 11) is 0. The minimum absolute atomic E-state index is 0.521. The van der Waals surface area contributed by atoms with Crippen molar-refractivity contribution >= 4 is 0 Å². The van der Waals surface area contributed by atoms with Gasteiger partial charge in [-0.25, -0.2) is 9.97 Å². The Morgan fingerprint density at radius 3 is 2.53 bits per heavy atom. The van der Waals surface area contributed by atoms with Crippen molar-refractivity contribution in [2.75, 3.05) is 0 Å². The molecule has 1 unspecified atom stereocenters. The first-order chi connectivity index (χ1) is 7.11. The zero-order chi connectivity index (χ0) is 11.0. The van der Waals surface area contributed by atoms with E-state index in [0.29, 0.717) is 17.8 Å². The van der Waals surface area contributed by atoms with Gasteiger partial charge in [-0.05, 0) is 30.2 Å². The average Bonchev–Trinajstić information content (AvgIpc) is 2.59. The molecule has 0 N–H and O–H groups in total. The number of rotatable bonds is 2. The van der Waals surface area contributed by atoms with Crippen molar-refractivity contribution in [1.82, 2.24) is 9.97 Å². The van der Waals surface area contributed by atoms with Crippen molar-refractivity contribution in [3.63, 3.8) is 0 Å². The molecule has 1 aliphatic carbocycles. The molecular weight excluding hydrogens is 184 g/mol. The van der Waals surface area contributed by atoms with Gasteiger partial charge in [0, 0.05) is 11.6 Å². The third kappa shape index (κ3) is 1.77. The Labute approximate surface area is 92.1 Å². The lowest BCUT2D eigenvalue weighted by Gasteiger charge is -2.15. The van der Waals surface area contributed by atoms with E-state index in [2.05, 4.69) is 37.7 Å². The van der Waals surface area contributed by atoms with E-state index in [-0.39, 0.29) is 0 Å². The molecule has 0 saturated carbocycles. The van der Waals surface area contributed by atoms with Crippen molar-refractivity contribution in [2.45, 2.75) is 52.4 Å². The molecule has 1 atom stereocenters. The van der Waals surface area contributed by atoms with E-state index in [1.165, 1.54) is 29.8 Å². The molecule has 2 heteroatoms. The summed E-state index contributed by atoms with van der Waals surface area (Å²) < 4.78 is 0. The highest BCUT2D eigenvalue weighted by Crippen LogP contribution is 2.38. The zero-order valence-electron chi connectivity index (χ0n) is 10.1. The topological polar surface area (TPSA) is 25.8 Å². The number of fused-ring (bicyclic) bond motifs is 1. The SMILES string of the molecule is CC(C)c1ncnc2c1CCC2C(C)C. The maximum Gasteiger partial charge on any atom is 0.115 e. The molecule has 0 saturated heterocycles. The predicted octanol–water partition coefficient (Wildman–Crippen LogP) is 3.29. The van der Waals surface area contributed by atoms with Crippen LogP contribution in [0.5, 0.6) is 0 Å². The van der Waals surface area contributed by atoms with E-state index in [4.69, 9.17) is 0 Å². The van der Waals surface area contributed by atoms with Gasteiger partial charge in [0.25, 0.3) is 0 Å². The highest BCUT2D eigenvalue weighted by atomic mass is 14.9. The minimum atomic E-state index is 0.521. The third-order valence-electron chi connectivity index (χ3n) is 3.42. The Hall–Kier alpha value is -0.920. The average molecular weight is 204 g/mol. The Morgan fingerprint density at radius 1 is 1.20 bits per heavy atom. The summed E-state index contributed by atoms with van der Waals surface area (Å²) in [6.45, 7) is 9.00. The molecule has 1 aromatic heterocycles. The summed E-state index contributed by atoms with van der Waals surface area (Å²) in [6, 6.07) is 0.